The molecule has 5 heteroatoms. The first-order valence-electron chi connectivity index (χ1n) is 6.53. The lowest BCUT2D eigenvalue weighted by Crippen LogP contribution is -2.32. The number of aromatic amines is 1. The molecule has 4 nitrogen and oxygen atoms in total. The highest BCUT2D eigenvalue weighted by Gasteiger charge is 2.09. The molecule has 0 spiro atoms. The number of nitrogens with one attached hydrogen (secondary N) is 1. The van der Waals surface area contributed by atoms with Gasteiger partial charge in [0.05, 0.1) is 11.0 Å². The van der Waals surface area contributed by atoms with Gasteiger partial charge in [-0.05, 0) is 38.4 Å². The van der Waals surface area contributed by atoms with Crippen LogP contribution in [0.3, 0.4) is 0 Å². The van der Waals surface area contributed by atoms with Crippen LogP contribution in [0.4, 0.5) is 5.69 Å². The van der Waals surface area contributed by atoms with E-state index in [1.54, 1.807) is 0 Å². The molecule has 0 aliphatic rings. The highest BCUT2D eigenvalue weighted by atomic mass is 32.2. The number of hydrogen-bond acceptors (Lipinski definition) is 4. The molecule has 19 heavy (non-hydrogen) atoms. The number of thioether (sulfide) groups is 1. The molecule has 0 bridgehead atoms. The van der Waals surface area contributed by atoms with Crippen LogP contribution in [-0.4, -0.2) is 46.5 Å². The van der Waals surface area contributed by atoms with Crippen molar-refractivity contribution in [3.05, 3.63) is 24.0 Å². The second kappa shape index (κ2) is 6.30. The van der Waals surface area contributed by atoms with E-state index in [0.29, 0.717) is 6.04 Å². The van der Waals surface area contributed by atoms with Crippen LogP contribution in [0, 0.1) is 0 Å². The number of H-pyrrole nitrogens is 1. The van der Waals surface area contributed by atoms with Gasteiger partial charge >= 0.3 is 0 Å². The van der Waals surface area contributed by atoms with Gasteiger partial charge in [-0.2, -0.15) is 11.8 Å². The quantitative estimate of drug-likeness (QED) is 0.797. The number of benzene rings is 1. The van der Waals surface area contributed by atoms with E-state index in [1.807, 2.05) is 30.0 Å². The number of imidazole rings is 1. The highest BCUT2D eigenvalue weighted by Crippen LogP contribution is 2.15. The average Bonchev–Trinajstić information content (AvgIpc) is 2.78. The third-order valence-electron chi connectivity index (χ3n) is 3.42. The van der Waals surface area contributed by atoms with Crippen LogP contribution in [0.25, 0.3) is 11.0 Å². The summed E-state index contributed by atoms with van der Waals surface area (Å²) < 4.78 is 0. The van der Waals surface area contributed by atoms with Crippen LogP contribution in [0.15, 0.2) is 18.2 Å². The maximum absolute atomic E-state index is 5.77. The van der Waals surface area contributed by atoms with E-state index in [9.17, 15) is 0 Å². The summed E-state index contributed by atoms with van der Waals surface area (Å²) in [5.74, 6) is 2.19. The fourth-order valence-electron chi connectivity index (χ4n) is 2.07. The fraction of sp³-hybridized carbons (Fsp3) is 0.500. The van der Waals surface area contributed by atoms with Crippen LogP contribution in [0.1, 0.15) is 12.7 Å². The maximum atomic E-state index is 5.77. The minimum absolute atomic E-state index is 0.593. The van der Waals surface area contributed by atoms with Gasteiger partial charge in [0.1, 0.15) is 5.82 Å². The SMILES string of the molecule is CSCC(C)N(C)CCc1nc2ccc(N)cc2[nH]1. The van der Waals surface area contributed by atoms with Crippen LogP contribution in [0.2, 0.25) is 0 Å². The third kappa shape index (κ3) is 3.64. The number of aromatic nitrogens is 2. The van der Waals surface area contributed by atoms with Gasteiger partial charge in [0.2, 0.25) is 0 Å². The molecule has 0 radical (unpaired) electrons. The van der Waals surface area contributed by atoms with E-state index in [2.05, 4.69) is 35.1 Å². The zero-order valence-corrected chi connectivity index (χ0v) is 12.6. The van der Waals surface area contributed by atoms with E-state index < -0.39 is 0 Å². The number of nitrogens with two attached hydrogens (primary N) is 1. The zero-order chi connectivity index (χ0) is 13.8. The molecule has 0 aliphatic heterocycles. The molecule has 0 saturated carbocycles. The van der Waals surface area contributed by atoms with Gasteiger partial charge in [-0.15, -0.1) is 0 Å². The lowest BCUT2D eigenvalue weighted by Gasteiger charge is -2.23. The van der Waals surface area contributed by atoms with Crippen LogP contribution < -0.4 is 5.73 Å². The summed E-state index contributed by atoms with van der Waals surface area (Å²) in [7, 11) is 2.17. The molecule has 2 rings (SSSR count). The molecular formula is C14H22N4S. The Morgan fingerprint density at radius 1 is 1.47 bits per heavy atom. The summed E-state index contributed by atoms with van der Waals surface area (Å²) in [4.78, 5) is 10.3. The molecule has 1 unspecified atom stereocenters. The Morgan fingerprint density at radius 2 is 2.26 bits per heavy atom. The lowest BCUT2D eigenvalue weighted by atomic mass is 10.3. The second-order valence-corrected chi connectivity index (χ2v) is 5.91. The smallest absolute Gasteiger partial charge is 0.108 e. The lowest BCUT2D eigenvalue weighted by molar-refractivity contribution is 0.280. The predicted octanol–water partition coefficient (Wildman–Crippen LogP) is 2.37. The topological polar surface area (TPSA) is 57.9 Å². The van der Waals surface area contributed by atoms with Crippen LogP contribution in [-0.2, 0) is 6.42 Å². The molecule has 0 amide bonds. The molecule has 3 N–H and O–H groups in total. The first kappa shape index (κ1) is 14.2. The number of nitrogen functional groups attached to an aromatic ring is 1. The second-order valence-electron chi connectivity index (χ2n) is 5.00. The van der Waals surface area contributed by atoms with Crippen molar-refractivity contribution < 1.29 is 0 Å². The Kier molecular flexibility index (Phi) is 4.71. The minimum atomic E-state index is 0.593. The Labute approximate surface area is 118 Å². The van der Waals surface area contributed by atoms with E-state index >= 15 is 0 Å². The van der Waals surface area contributed by atoms with Crippen molar-refractivity contribution in [1.82, 2.24) is 14.9 Å². The standard InChI is InChI=1S/C14H22N4S/c1-10(9-19-3)18(2)7-6-14-16-12-5-4-11(15)8-13(12)17-14/h4-5,8,10H,6-7,9,15H2,1-3H3,(H,16,17). The molecule has 1 heterocycles. The number of likely N-dealkylation sites (N-methyl/N-ethyl adjacent to an activating group) is 1. The number of rotatable bonds is 6. The molecule has 104 valence electrons. The number of anilines is 1. The monoisotopic (exact) mass is 278 g/mol. The Morgan fingerprint density at radius 3 is 3.00 bits per heavy atom. The van der Waals surface area contributed by atoms with E-state index in [4.69, 9.17) is 5.73 Å². The van der Waals surface area contributed by atoms with E-state index in [0.717, 1.165) is 41.3 Å². The summed E-state index contributed by atoms with van der Waals surface area (Å²) in [6.45, 7) is 3.27. The zero-order valence-electron chi connectivity index (χ0n) is 11.8. The highest BCUT2D eigenvalue weighted by molar-refractivity contribution is 7.98. The van der Waals surface area contributed by atoms with Gasteiger partial charge in [-0.25, -0.2) is 4.98 Å². The number of hydrogen-bond donors (Lipinski definition) is 2. The molecule has 0 aliphatic carbocycles. The van der Waals surface area contributed by atoms with Gasteiger partial charge in [0.15, 0.2) is 0 Å². The van der Waals surface area contributed by atoms with Crippen molar-refractivity contribution in [3.63, 3.8) is 0 Å². The largest absolute Gasteiger partial charge is 0.399 e. The Balaban J connectivity index is 1.98. The molecule has 1 aromatic heterocycles. The molecule has 1 atom stereocenters. The third-order valence-corrected chi connectivity index (χ3v) is 4.23. The van der Waals surface area contributed by atoms with Gasteiger partial charge in [0, 0.05) is 30.4 Å². The Hall–Kier alpha value is -1.20. The average molecular weight is 278 g/mol. The summed E-state index contributed by atoms with van der Waals surface area (Å²) in [5, 5.41) is 0. The maximum Gasteiger partial charge on any atom is 0.108 e. The minimum Gasteiger partial charge on any atom is -0.399 e. The fourth-order valence-corrected chi connectivity index (χ4v) is 2.81. The summed E-state index contributed by atoms with van der Waals surface area (Å²) in [5.41, 5.74) is 8.55. The van der Waals surface area contributed by atoms with Gasteiger partial charge in [-0.1, -0.05) is 0 Å². The molecule has 2 aromatic rings. The van der Waals surface area contributed by atoms with E-state index in [-0.39, 0.29) is 0 Å². The van der Waals surface area contributed by atoms with E-state index in [1.165, 1.54) is 0 Å². The molecule has 0 saturated heterocycles. The first-order valence-corrected chi connectivity index (χ1v) is 7.93. The van der Waals surface area contributed by atoms with Crippen molar-refractivity contribution in [2.24, 2.45) is 0 Å². The summed E-state index contributed by atoms with van der Waals surface area (Å²) in [6.07, 6.45) is 3.08. The normalized spacial score (nSPS) is 13.3. The van der Waals surface area contributed by atoms with Crippen LogP contribution >= 0.6 is 11.8 Å². The van der Waals surface area contributed by atoms with Crippen molar-refractivity contribution in [2.75, 3.05) is 31.3 Å². The van der Waals surface area contributed by atoms with Crippen molar-refractivity contribution in [2.45, 2.75) is 19.4 Å². The van der Waals surface area contributed by atoms with Gasteiger partial charge < -0.3 is 15.6 Å². The molecular weight excluding hydrogens is 256 g/mol. The Bertz CT molecular complexity index is 537. The number of nitrogens with zero attached hydrogens (tertiary/aromatic N) is 2. The predicted molar refractivity (Wildman–Crippen MR) is 84.7 cm³/mol. The molecule has 1 aromatic carbocycles. The number of fused-ring (bicyclic) bond motifs is 1. The van der Waals surface area contributed by atoms with Crippen LogP contribution in [0.5, 0.6) is 0 Å². The molecule has 0 fully saturated rings. The van der Waals surface area contributed by atoms with Crippen molar-refractivity contribution >= 4 is 28.5 Å². The van der Waals surface area contributed by atoms with Crippen molar-refractivity contribution in [3.8, 4) is 0 Å². The summed E-state index contributed by atoms with van der Waals surface area (Å²) >= 11 is 1.89. The summed E-state index contributed by atoms with van der Waals surface area (Å²) in [6, 6.07) is 6.38. The van der Waals surface area contributed by atoms with Gasteiger partial charge in [-0.3, -0.25) is 0 Å². The van der Waals surface area contributed by atoms with Gasteiger partial charge in [0.25, 0.3) is 0 Å². The van der Waals surface area contributed by atoms with Crippen molar-refractivity contribution in [1.29, 1.82) is 0 Å². The first-order chi connectivity index (χ1) is 9.10.